The lowest BCUT2D eigenvalue weighted by molar-refractivity contribution is -0.115. The van der Waals surface area contributed by atoms with Gasteiger partial charge < -0.3 is 5.32 Å². The molecule has 1 N–H and O–H groups in total. The van der Waals surface area contributed by atoms with E-state index in [-0.39, 0.29) is 5.91 Å². The van der Waals surface area contributed by atoms with Gasteiger partial charge in [-0.25, -0.2) is 0 Å². The predicted molar refractivity (Wildman–Crippen MR) is 102 cm³/mol. The highest BCUT2D eigenvalue weighted by Gasteiger charge is 2.17. The summed E-state index contributed by atoms with van der Waals surface area (Å²) in [7, 11) is 0. The molecule has 0 unspecified atom stereocenters. The van der Waals surface area contributed by atoms with Crippen molar-refractivity contribution in [2.45, 2.75) is 24.3 Å². The largest absolute Gasteiger partial charge is 0.326 e. The molecular formula is C19H21NOS2. The highest BCUT2D eigenvalue weighted by molar-refractivity contribution is 8.16. The predicted octanol–water partition coefficient (Wildman–Crippen LogP) is 5.04. The average molecular weight is 344 g/mol. The second-order valence-corrected chi connectivity index (χ2v) is 8.43. The number of rotatable bonds is 4. The quantitative estimate of drug-likeness (QED) is 0.843. The Labute approximate surface area is 146 Å². The minimum absolute atomic E-state index is 0.0420. The average Bonchev–Trinajstić information content (AvgIpc) is 2.58. The highest BCUT2D eigenvalue weighted by atomic mass is 32.2. The van der Waals surface area contributed by atoms with Crippen LogP contribution in [0.3, 0.4) is 0 Å². The summed E-state index contributed by atoms with van der Waals surface area (Å²) in [6.07, 6.45) is 1.71. The molecule has 23 heavy (non-hydrogen) atoms. The molecule has 2 aromatic rings. The lowest BCUT2D eigenvalue weighted by Gasteiger charge is -2.21. The van der Waals surface area contributed by atoms with Gasteiger partial charge in [-0.05, 0) is 53.7 Å². The summed E-state index contributed by atoms with van der Waals surface area (Å²) in [5.74, 6) is 2.49. The Morgan fingerprint density at radius 1 is 1.13 bits per heavy atom. The van der Waals surface area contributed by atoms with Crippen molar-refractivity contribution in [1.82, 2.24) is 0 Å². The Hall–Kier alpha value is -1.39. The van der Waals surface area contributed by atoms with Crippen molar-refractivity contribution in [1.29, 1.82) is 0 Å². The molecular weight excluding hydrogens is 322 g/mol. The van der Waals surface area contributed by atoms with Crippen LogP contribution in [0.5, 0.6) is 0 Å². The van der Waals surface area contributed by atoms with Crippen molar-refractivity contribution >= 4 is 35.1 Å². The van der Waals surface area contributed by atoms with Gasteiger partial charge in [-0.2, -0.15) is 0 Å². The fourth-order valence-corrected chi connectivity index (χ4v) is 5.50. The third-order valence-electron chi connectivity index (χ3n) is 3.88. The van der Waals surface area contributed by atoms with Crippen LogP contribution in [-0.4, -0.2) is 17.4 Å². The van der Waals surface area contributed by atoms with Crippen LogP contribution in [0, 0.1) is 6.92 Å². The number of hydrogen-bond acceptors (Lipinski definition) is 3. The highest BCUT2D eigenvalue weighted by Crippen LogP contribution is 2.44. The Morgan fingerprint density at radius 3 is 2.70 bits per heavy atom. The van der Waals surface area contributed by atoms with Gasteiger partial charge in [0.1, 0.15) is 0 Å². The molecule has 0 radical (unpaired) electrons. The maximum absolute atomic E-state index is 12.3. The van der Waals surface area contributed by atoms with Crippen LogP contribution in [-0.2, 0) is 11.2 Å². The minimum Gasteiger partial charge on any atom is -0.326 e. The number of nitrogens with one attached hydrogen (secondary N) is 1. The molecule has 0 saturated carbocycles. The molecule has 1 aliphatic heterocycles. The van der Waals surface area contributed by atoms with Crippen LogP contribution in [0.2, 0.25) is 0 Å². The molecule has 3 rings (SSSR count). The molecule has 1 heterocycles. The van der Waals surface area contributed by atoms with Gasteiger partial charge >= 0.3 is 0 Å². The van der Waals surface area contributed by atoms with Gasteiger partial charge in [-0.1, -0.05) is 36.4 Å². The summed E-state index contributed by atoms with van der Waals surface area (Å²) in [4.78, 5) is 12.3. The maximum atomic E-state index is 12.3. The molecule has 120 valence electrons. The van der Waals surface area contributed by atoms with E-state index < -0.39 is 0 Å². The number of carbonyl (C=O) groups excluding carboxylic acids is 1. The molecule has 4 heteroatoms. The smallest absolute Gasteiger partial charge is 0.228 e. The first-order valence-electron chi connectivity index (χ1n) is 7.90. The molecule has 1 fully saturated rings. The Balaban J connectivity index is 1.65. The summed E-state index contributed by atoms with van der Waals surface area (Å²) >= 11 is 4.00. The zero-order valence-electron chi connectivity index (χ0n) is 13.2. The van der Waals surface area contributed by atoms with Crippen molar-refractivity contribution in [2.24, 2.45) is 0 Å². The van der Waals surface area contributed by atoms with Crippen LogP contribution in [0.15, 0.2) is 48.5 Å². The molecule has 1 aliphatic rings. The van der Waals surface area contributed by atoms with Crippen LogP contribution in [0.4, 0.5) is 5.69 Å². The van der Waals surface area contributed by atoms with Crippen LogP contribution >= 0.6 is 23.5 Å². The Bertz CT molecular complexity index is 681. The van der Waals surface area contributed by atoms with Crippen LogP contribution < -0.4 is 5.32 Å². The maximum Gasteiger partial charge on any atom is 0.228 e. The minimum atomic E-state index is 0.0420. The first-order chi connectivity index (χ1) is 11.2. The molecule has 0 atom stereocenters. The molecule has 1 amide bonds. The summed E-state index contributed by atoms with van der Waals surface area (Å²) in [6.45, 7) is 2.04. The molecule has 2 aromatic carbocycles. The second kappa shape index (κ2) is 7.93. The fraction of sp³-hybridized carbons (Fsp3) is 0.316. The van der Waals surface area contributed by atoms with Gasteiger partial charge in [0.05, 0.1) is 11.0 Å². The summed E-state index contributed by atoms with van der Waals surface area (Å²) in [6, 6.07) is 16.3. The Morgan fingerprint density at radius 2 is 1.91 bits per heavy atom. The number of amides is 1. The zero-order valence-corrected chi connectivity index (χ0v) is 14.9. The van der Waals surface area contributed by atoms with Gasteiger partial charge in [0, 0.05) is 5.69 Å². The lowest BCUT2D eigenvalue weighted by Crippen LogP contribution is -2.15. The van der Waals surface area contributed by atoms with Crippen molar-refractivity contribution in [2.75, 3.05) is 16.8 Å². The third-order valence-corrected chi connectivity index (χ3v) is 6.90. The number of thioether (sulfide) groups is 2. The van der Waals surface area contributed by atoms with Gasteiger partial charge in [0.2, 0.25) is 5.91 Å². The molecule has 2 nitrogen and oxygen atoms in total. The van der Waals surface area contributed by atoms with E-state index in [0.29, 0.717) is 11.0 Å². The number of hydrogen-bond donors (Lipinski definition) is 1. The third kappa shape index (κ3) is 4.55. The zero-order chi connectivity index (χ0) is 16.1. The first kappa shape index (κ1) is 16.5. The van der Waals surface area contributed by atoms with Crippen molar-refractivity contribution < 1.29 is 4.79 Å². The van der Waals surface area contributed by atoms with E-state index in [4.69, 9.17) is 0 Å². The van der Waals surface area contributed by atoms with Crippen molar-refractivity contribution in [3.05, 3.63) is 65.2 Å². The van der Waals surface area contributed by atoms with Gasteiger partial charge in [0.15, 0.2) is 0 Å². The van der Waals surface area contributed by atoms with Crippen molar-refractivity contribution in [3.63, 3.8) is 0 Å². The van der Waals surface area contributed by atoms with Crippen molar-refractivity contribution in [3.8, 4) is 0 Å². The standard InChI is InChI=1S/C19H21NOS2/c1-14-6-2-3-7-15(14)13-18(21)20-17-9-4-8-16(12-17)19-22-10-5-11-23-19/h2-4,6-9,12,19H,5,10-11,13H2,1H3,(H,20,21). The summed E-state index contributed by atoms with van der Waals surface area (Å²) in [5, 5.41) is 3.04. The van der Waals surface area contributed by atoms with E-state index in [1.165, 1.54) is 23.5 Å². The van der Waals surface area contributed by atoms with E-state index in [1.807, 2.05) is 66.8 Å². The topological polar surface area (TPSA) is 29.1 Å². The normalized spacial score (nSPS) is 15.3. The van der Waals surface area contributed by atoms with Gasteiger partial charge in [0.25, 0.3) is 0 Å². The van der Waals surface area contributed by atoms with E-state index in [2.05, 4.69) is 17.4 Å². The molecule has 0 bridgehead atoms. The number of aryl methyl sites for hydroxylation is 1. The number of anilines is 1. The van der Waals surface area contributed by atoms with Crippen LogP contribution in [0.1, 0.15) is 27.7 Å². The lowest BCUT2D eigenvalue weighted by atomic mass is 10.1. The second-order valence-electron chi connectivity index (χ2n) is 5.70. The first-order valence-corrected chi connectivity index (χ1v) is 9.99. The number of carbonyl (C=O) groups is 1. The van der Waals surface area contributed by atoms with E-state index in [9.17, 15) is 4.79 Å². The van der Waals surface area contributed by atoms with E-state index in [0.717, 1.165) is 16.8 Å². The molecule has 1 saturated heterocycles. The monoisotopic (exact) mass is 343 g/mol. The van der Waals surface area contributed by atoms with E-state index in [1.54, 1.807) is 0 Å². The molecule has 0 aliphatic carbocycles. The van der Waals surface area contributed by atoms with E-state index >= 15 is 0 Å². The van der Waals surface area contributed by atoms with Crippen LogP contribution in [0.25, 0.3) is 0 Å². The fourth-order valence-electron chi connectivity index (χ4n) is 2.63. The molecule has 0 aromatic heterocycles. The summed E-state index contributed by atoms with van der Waals surface area (Å²) < 4.78 is 0.497. The summed E-state index contributed by atoms with van der Waals surface area (Å²) in [5.41, 5.74) is 4.44. The van der Waals surface area contributed by atoms with Gasteiger partial charge in [-0.3, -0.25) is 4.79 Å². The Kier molecular flexibility index (Phi) is 5.68. The number of benzene rings is 2. The van der Waals surface area contributed by atoms with Gasteiger partial charge in [-0.15, -0.1) is 23.5 Å². The molecule has 0 spiro atoms. The SMILES string of the molecule is Cc1ccccc1CC(=O)Nc1cccc(C2SCCCS2)c1.